The van der Waals surface area contributed by atoms with Gasteiger partial charge in [0.1, 0.15) is 54.9 Å². The second kappa shape index (κ2) is 9.09. The Balaban J connectivity index is 1.57. The maximum absolute atomic E-state index is 10.3. The van der Waals surface area contributed by atoms with E-state index in [-0.39, 0.29) is 13.2 Å². The summed E-state index contributed by atoms with van der Waals surface area (Å²) in [6.07, 6.45) is -16.9. The summed E-state index contributed by atoms with van der Waals surface area (Å²) in [5.41, 5.74) is 0. The van der Waals surface area contributed by atoms with Crippen molar-refractivity contribution in [1.82, 2.24) is 0 Å². The summed E-state index contributed by atoms with van der Waals surface area (Å²) < 4.78 is 26.0. The minimum atomic E-state index is -1.65. The zero-order chi connectivity index (χ0) is 20.6. The van der Waals surface area contributed by atoms with Crippen LogP contribution in [0.25, 0.3) is 0 Å². The second-order valence-electron chi connectivity index (χ2n) is 6.95. The Bertz CT molecular complexity index is 508. The summed E-state index contributed by atoms with van der Waals surface area (Å²) in [6.45, 7) is -1.18. The third-order valence-corrected chi connectivity index (χ3v) is 4.98. The SMILES string of the molecule is OC[C@H]1O[C@@H](O)[C@@H](O)[C@@H]1O[C@@H]1OC[C@@H](O[C@@H]2OC[C@@H](O)[C@H](O)[C@H]2O)[C@H](O)[C@H]1O. The van der Waals surface area contributed by atoms with Crippen LogP contribution in [-0.2, 0) is 23.7 Å². The van der Waals surface area contributed by atoms with E-state index in [1.54, 1.807) is 0 Å². The molecule has 164 valence electrons. The average Bonchev–Trinajstić information content (AvgIpc) is 2.95. The summed E-state index contributed by atoms with van der Waals surface area (Å²) in [5.74, 6) is 0. The molecule has 3 aliphatic heterocycles. The molecule has 13 nitrogen and oxygen atoms in total. The van der Waals surface area contributed by atoms with E-state index in [2.05, 4.69) is 0 Å². The molecule has 3 rings (SSSR count). The van der Waals surface area contributed by atoms with Crippen LogP contribution in [0.2, 0.25) is 0 Å². The van der Waals surface area contributed by atoms with Crippen molar-refractivity contribution in [3.8, 4) is 0 Å². The first kappa shape index (κ1) is 22.2. The van der Waals surface area contributed by atoms with Gasteiger partial charge in [0.05, 0.1) is 19.8 Å². The number of rotatable bonds is 5. The van der Waals surface area contributed by atoms with E-state index in [1.165, 1.54) is 0 Å². The van der Waals surface area contributed by atoms with E-state index < -0.39 is 80.4 Å². The molecule has 3 saturated heterocycles. The van der Waals surface area contributed by atoms with E-state index in [4.69, 9.17) is 23.7 Å². The Morgan fingerprint density at radius 3 is 2.00 bits per heavy atom. The Morgan fingerprint density at radius 2 is 1.32 bits per heavy atom. The van der Waals surface area contributed by atoms with Crippen molar-refractivity contribution < 1.29 is 64.5 Å². The molecule has 0 aromatic heterocycles. The normalized spacial score (nSPS) is 52.7. The van der Waals surface area contributed by atoms with Gasteiger partial charge in [0.25, 0.3) is 0 Å². The highest BCUT2D eigenvalue weighted by Gasteiger charge is 2.49. The molecule has 0 amide bonds. The molecule has 28 heavy (non-hydrogen) atoms. The molecule has 0 radical (unpaired) electrons. The van der Waals surface area contributed by atoms with Crippen LogP contribution in [0.4, 0.5) is 0 Å². The van der Waals surface area contributed by atoms with Crippen molar-refractivity contribution in [1.29, 1.82) is 0 Å². The minimum absolute atomic E-state index is 0.300. The van der Waals surface area contributed by atoms with Crippen LogP contribution >= 0.6 is 0 Å². The molecule has 0 saturated carbocycles. The summed E-state index contributed by atoms with van der Waals surface area (Å²) in [7, 11) is 0. The van der Waals surface area contributed by atoms with Gasteiger partial charge < -0.3 is 64.5 Å². The smallest absolute Gasteiger partial charge is 0.186 e. The van der Waals surface area contributed by atoms with Gasteiger partial charge in [0.2, 0.25) is 0 Å². The quantitative estimate of drug-likeness (QED) is 0.211. The fourth-order valence-corrected chi connectivity index (χ4v) is 3.27. The summed E-state index contributed by atoms with van der Waals surface area (Å²) >= 11 is 0. The highest BCUT2D eigenvalue weighted by Crippen LogP contribution is 2.28. The van der Waals surface area contributed by atoms with Crippen molar-refractivity contribution in [3.05, 3.63) is 0 Å². The van der Waals surface area contributed by atoms with Gasteiger partial charge in [0, 0.05) is 0 Å². The maximum atomic E-state index is 10.3. The van der Waals surface area contributed by atoms with E-state index in [1.807, 2.05) is 0 Å². The van der Waals surface area contributed by atoms with Crippen molar-refractivity contribution in [2.75, 3.05) is 19.8 Å². The molecule has 8 N–H and O–H groups in total. The first-order valence-corrected chi connectivity index (χ1v) is 8.81. The van der Waals surface area contributed by atoms with Crippen LogP contribution in [0.5, 0.6) is 0 Å². The molecular weight excluding hydrogens is 388 g/mol. The molecule has 0 aromatic carbocycles. The molecule has 3 heterocycles. The van der Waals surface area contributed by atoms with Crippen LogP contribution in [0, 0.1) is 0 Å². The lowest BCUT2D eigenvalue weighted by Crippen LogP contribution is -2.60. The lowest BCUT2D eigenvalue weighted by molar-refractivity contribution is -0.335. The standard InChI is InChI=1S/C15H26O13/c16-1-5-12(11(22)13(23)26-5)28-15-10(21)8(19)6(3-25-15)27-14-9(20)7(18)4(17)2-24-14/h4-23H,1-3H2/t4-,5-,6-,7+,8+,9-,10-,11+,12-,13-,14+,15+/m1/s1. The largest absolute Gasteiger partial charge is 0.394 e. The van der Waals surface area contributed by atoms with Crippen LogP contribution in [0.15, 0.2) is 0 Å². The van der Waals surface area contributed by atoms with Gasteiger partial charge in [-0.05, 0) is 0 Å². The second-order valence-corrected chi connectivity index (χ2v) is 6.95. The summed E-state index contributed by atoms with van der Waals surface area (Å²) in [4.78, 5) is 0. The van der Waals surface area contributed by atoms with E-state index in [0.29, 0.717) is 0 Å². The molecule has 12 atom stereocenters. The number of hydrogen-bond donors (Lipinski definition) is 8. The Morgan fingerprint density at radius 1 is 0.714 bits per heavy atom. The fourth-order valence-electron chi connectivity index (χ4n) is 3.27. The molecule has 0 spiro atoms. The van der Waals surface area contributed by atoms with Gasteiger partial charge in [-0.1, -0.05) is 0 Å². The topological polar surface area (TPSA) is 208 Å². The van der Waals surface area contributed by atoms with Gasteiger partial charge in [-0.3, -0.25) is 0 Å². The lowest BCUT2D eigenvalue weighted by Gasteiger charge is -2.42. The van der Waals surface area contributed by atoms with E-state index >= 15 is 0 Å². The zero-order valence-corrected chi connectivity index (χ0v) is 14.7. The lowest BCUT2D eigenvalue weighted by atomic mass is 10.0. The van der Waals surface area contributed by atoms with Crippen molar-refractivity contribution >= 4 is 0 Å². The third-order valence-electron chi connectivity index (χ3n) is 4.98. The molecule has 0 aliphatic carbocycles. The van der Waals surface area contributed by atoms with Crippen LogP contribution in [0.3, 0.4) is 0 Å². The zero-order valence-electron chi connectivity index (χ0n) is 14.7. The van der Waals surface area contributed by atoms with E-state index in [0.717, 1.165) is 0 Å². The molecule has 0 aromatic rings. The van der Waals surface area contributed by atoms with Crippen molar-refractivity contribution in [2.45, 2.75) is 73.8 Å². The van der Waals surface area contributed by atoms with Crippen molar-refractivity contribution in [2.24, 2.45) is 0 Å². The molecule has 3 fully saturated rings. The van der Waals surface area contributed by atoms with Gasteiger partial charge in [-0.2, -0.15) is 0 Å². The van der Waals surface area contributed by atoms with Gasteiger partial charge in [0.15, 0.2) is 18.9 Å². The average molecular weight is 414 g/mol. The molecular formula is C15H26O13. The Kier molecular flexibility index (Phi) is 7.20. The minimum Gasteiger partial charge on any atom is -0.394 e. The first-order chi connectivity index (χ1) is 13.2. The summed E-state index contributed by atoms with van der Waals surface area (Å²) in [6, 6.07) is 0. The third kappa shape index (κ3) is 4.32. The number of ether oxygens (including phenoxy) is 5. The molecule has 3 aliphatic rings. The number of aliphatic hydroxyl groups excluding tert-OH is 8. The summed E-state index contributed by atoms with van der Waals surface area (Å²) in [5, 5.41) is 78.1. The van der Waals surface area contributed by atoms with Gasteiger partial charge in [-0.15, -0.1) is 0 Å². The number of hydrogen-bond acceptors (Lipinski definition) is 13. The van der Waals surface area contributed by atoms with Crippen molar-refractivity contribution in [3.63, 3.8) is 0 Å². The maximum Gasteiger partial charge on any atom is 0.186 e. The molecule has 0 unspecified atom stereocenters. The van der Waals surface area contributed by atoms with Gasteiger partial charge >= 0.3 is 0 Å². The molecule has 13 heteroatoms. The van der Waals surface area contributed by atoms with E-state index in [9.17, 15) is 40.9 Å². The first-order valence-electron chi connectivity index (χ1n) is 8.81. The fraction of sp³-hybridized carbons (Fsp3) is 1.00. The van der Waals surface area contributed by atoms with Crippen LogP contribution in [0.1, 0.15) is 0 Å². The van der Waals surface area contributed by atoms with Crippen LogP contribution in [-0.4, -0.2) is 134 Å². The molecule has 0 bridgehead atoms. The highest BCUT2D eigenvalue weighted by atomic mass is 16.7. The van der Waals surface area contributed by atoms with Crippen LogP contribution < -0.4 is 0 Å². The predicted octanol–water partition coefficient (Wildman–Crippen LogP) is -5.66. The monoisotopic (exact) mass is 414 g/mol. The van der Waals surface area contributed by atoms with Gasteiger partial charge in [-0.25, -0.2) is 0 Å². The predicted molar refractivity (Wildman–Crippen MR) is 83.2 cm³/mol. The highest BCUT2D eigenvalue weighted by molar-refractivity contribution is 4.91. The Hall–Kier alpha value is -0.520. The Labute approximate surface area is 159 Å². The number of aliphatic hydroxyl groups is 8.